The highest BCUT2D eigenvalue weighted by atomic mass is 35.5. The fourth-order valence-corrected chi connectivity index (χ4v) is 12.0. The van der Waals surface area contributed by atoms with Crippen LogP contribution in [0.3, 0.4) is 0 Å². The third kappa shape index (κ3) is 14.4. The summed E-state index contributed by atoms with van der Waals surface area (Å²) in [5.41, 5.74) is 3.42. The highest BCUT2D eigenvalue weighted by Gasteiger charge is 2.40. The van der Waals surface area contributed by atoms with Gasteiger partial charge in [0.1, 0.15) is 22.7 Å². The third-order valence-electron chi connectivity index (χ3n) is 12.6. The Morgan fingerprint density at radius 1 is 0.932 bits per heavy atom. The quantitative estimate of drug-likeness (QED) is 0.0259. The van der Waals surface area contributed by atoms with E-state index < -0.39 is 52.2 Å². The van der Waals surface area contributed by atoms with Gasteiger partial charge in [0.2, 0.25) is 33.7 Å². The number of piperidine rings is 2. The number of ether oxygens (including phenoxy) is 2. The zero-order valence-electron chi connectivity index (χ0n) is 41.7. The van der Waals surface area contributed by atoms with Crippen LogP contribution in [-0.2, 0) is 51.0 Å². The van der Waals surface area contributed by atoms with Crippen LogP contribution in [0.4, 0.5) is 17.1 Å². The van der Waals surface area contributed by atoms with E-state index >= 15 is 0 Å². The van der Waals surface area contributed by atoms with E-state index in [1.807, 2.05) is 24.3 Å². The van der Waals surface area contributed by atoms with E-state index in [-0.39, 0.29) is 76.9 Å². The summed E-state index contributed by atoms with van der Waals surface area (Å²) in [6, 6.07) is 18.0. The lowest BCUT2D eigenvalue weighted by Gasteiger charge is -2.32. The summed E-state index contributed by atoms with van der Waals surface area (Å²) in [5, 5.41) is 24.1. The molecule has 396 valence electrons. The Morgan fingerprint density at radius 2 is 1.65 bits per heavy atom. The van der Waals surface area contributed by atoms with Crippen LogP contribution >= 0.6 is 22.9 Å². The van der Waals surface area contributed by atoms with Crippen LogP contribution in [0.15, 0.2) is 66.7 Å². The fourth-order valence-electron chi connectivity index (χ4n) is 8.98. The Labute approximate surface area is 439 Å². The maximum Gasteiger partial charge on any atom is 0.352 e. The van der Waals surface area contributed by atoms with Crippen molar-refractivity contribution in [1.29, 1.82) is 0 Å². The van der Waals surface area contributed by atoms with Gasteiger partial charge in [0.05, 0.1) is 10.6 Å². The van der Waals surface area contributed by atoms with Gasteiger partial charge in [0, 0.05) is 73.3 Å². The molecule has 0 spiro atoms. The summed E-state index contributed by atoms with van der Waals surface area (Å²) >= 11 is 7.74. The number of nitrogens with one attached hydrogen (secondary N) is 5. The van der Waals surface area contributed by atoms with Gasteiger partial charge in [-0.3, -0.25) is 29.3 Å². The Kier molecular flexibility index (Phi) is 18.1. The number of carbonyl (C=O) groups excluding carboxylic acids is 6. The van der Waals surface area contributed by atoms with Crippen LogP contribution in [0.2, 0.25) is 5.02 Å². The Bertz CT molecular complexity index is 2900. The number of sulfonamides is 1. The smallest absolute Gasteiger partial charge is 0.352 e. The molecule has 3 aromatic carbocycles. The minimum atomic E-state index is -3.69. The van der Waals surface area contributed by atoms with E-state index in [1.165, 1.54) is 9.21 Å². The first kappa shape index (κ1) is 55.2. The molecule has 0 radical (unpaired) electrons. The number of rotatable bonds is 22. The number of benzene rings is 3. The number of fused-ring (bicyclic) bond motifs is 1. The van der Waals surface area contributed by atoms with Gasteiger partial charge in [-0.15, -0.1) is 11.3 Å². The molecular weight excluding hydrogens is 1010 g/mol. The number of esters is 1. The van der Waals surface area contributed by atoms with E-state index in [9.17, 15) is 47.1 Å². The number of amides is 5. The lowest BCUT2D eigenvalue weighted by molar-refractivity contribution is -0.139. The number of hydrogen-bond acceptors (Lipinski definition) is 14. The van der Waals surface area contributed by atoms with Crippen LogP contribution in [0, 0.1) is 0 Å². The van der Waals surface area contributed by atoms with Crippen LogP contribution < -0.4 is 31.3 Å². The molecular formula is C52H62ClN7O12S2. The second kappa shape index (κ2) is 24.2. The maximum absolute atomic E-state index is 13.6. The second-order valence-corrected chi connectivity index (χ2v) is 22.9. The molecule has 3 aliphatic rings. The van der Waals surface area contributed by atoms with Crippen LogP contribution in [0.5, 0.6) is 5.75 Å². The van der Waals surface area contributed by atoms with Gasteiger partial charge >= 0.3 is 11.9 Å². The van der Waals surface area contributed by atoms with Gasteiger partial charge in [-0.25, -0.2) is 22.3 Å². The first-order chi connectivity index (χ1) is 35.1. The first-order valence-electron chi connectivity index (χ1n) is 24.6. The molecule has 2 atom stereocenters. The minimum absolute atomic E-state index is 0.0409. The number of carboxylic acids is 1. The highest BCUT2D eigenvalue weighted by molar-refractivity contribution is 7.88. The Hall–Kier alpha value is -6.55. The number of carbonyl (C=O) groups is 7. The van der Waals surface area contributed by atoms with Crippen molar-refractivity contribution in [3.63, 3.8) is 0 Å². The van der Waals surface area contributed by atoms with Crippen LogP contribution in [-0.4, -0.2) is 114 Å². The average molecular weight is 1080 g/mol. The molecule has 7 rings (SSSR count). The van der Waals surface area contributed by atoms with Gasteiger partial charge in [0.25, 0.3) is 5.91 Å². The number of hydrogen-bond donors (Lipinski definition) is 6. The summed E-state index contributed by atoms with van der Waals surface area (Å²) in [6.07, 6.45) is 4.65. The van der Waals surface area contributed by atoms with Crippen molar-refractivity contribution in [3.8, 4) is 16.2 Å². The van der Waals surface area contributed by atoms with Gasteiger partial charge in [-0.1, -0.05) is 54.8 Å². The largest absolute Gasteiger partial charge is 0.479 e. The molecule has 22 heteroatoms. The van der Waals surface area contributed by atoms with Crippen molar-refractivity contribution >= 4 is 91.5 Å². The van der Waals surface area contributed by atoms with Gasteiger partial charge in [-0.2, -0.15) is 0 Å². The van der Waals surface area contributed by atoms with Gasteiger partial charge in [0.15, 0.2) is 17.2 Å². The standard InChI is InChI=1S/C52H62ClN7O12S2/c1-31(55-39-17-11-16-37-38(39)28-60(50(37)67)40-19-20-42(62)58-49(40)66)48(65)54-23-8-6-5-7-18-41(61)57-35-14-9-12-32(26-35)30-74(69,70)59-24-21-34(22-25-59)56-36-15-10-13-33(27-36)46-44(53)45(71-29-43(63)64)47(73-46)51(68)72-52(2,3)4/h9-17,26-27,31,34,40,55-56H,5-8,18-25,28-30H2,1-4H3,(H,54,65)(H,57,61)(H,63,64)(H,58,62,66). The lowest BCUT2D eigenvalue weighted by Crippen LogP contribution is -2.52. The molecule has 0 saturated carbocycles. The number of aliphatic carboxylic acids is 1. The normalized spacial score (nSPS) is 16.7. The molecule has 4 aromatic rings. The topological polar surface area (TPSA) is 259 Å². The zero-order chi connectivity index (χ0) is 53.3. The number of anilines is 3. The van der Waals surface area contributed by atoms with Gasteiger partial charge < -0.3 is 40.7 Å². The molecule has 3 aliphatic heterocycles. The number of carboxylic acid groups (broad SMARTS) is 1. The number of thiophene rings is 1. The predicted molar refractivity (Wildman–Crippen MR) is 281 cm³/mol. The summed E-state index contributed by atoms with van der Waals surface area (Å²) in [4.78, 5) is 89.5. The van der Waals surface area contributed by atoms with Crippen molar-refractivity contribution in [2.45, 2.75) is 122 Å². The van der Waals surface area contributed by atoms with Crippen LogP contribution in [0.25, 0.3) is 10.4 Å². The van der Waals surface area contributed by atoms with E-state index in [0.717, 1.165) is 29.9 Å². The molecule has 0 aliphatic carbocycles. The van der Waals surface area contributed by atoms with Crippen molar-refractivity contribution in [2.24, 2.45) is 0 Å². The molecule has 2 unspecified atom stereocenters. The van der Waals surface area contributed by atoms with Gasteiger partial charge in [-0.05, 0) is 107 Å². The number of unbranched alkanes of at least 4 members (excludes halogenated alkanes) is 3. The molecule has 2 saturated heterocycles. The molecule has 6 N–H and O–H groups in total. The SMILES string of the molecule is CC(Nc1cccc2c1CN(C1CCC(=O)NC1=O)C2=O)C(=O)NCCCCCCC(=O)Nc1cccc(CS(=O)(=O)N2CCC(Nc3cccc(-c4sc(C(=O)OC(C)(C)C)c(OCC(=O)O)c4Cl)c3)CC2)c1. The summed E-state index contributed by atoms with van der Waals surface area (Å²) in [6.45, 7) is 7.41. The summed E-state index contributed by atoms with van der Waals surface area (Å²) in [7, 11) is -3.69. The summed E-state index contributed by atoms with van der Waals surface area (Å²) < 4.78 is 39.7. The van der Waals surface area contributed by atoms with E-state index in [4.69, 9.17) is 21.1 Å². The first-order valence-corrected chi connectivity index (χ1v) is 27.4. The fraction of sp³-hybridized carbons (Fsp3) is 0.442. The second-order valence-electron chi connectivity index (χ2n) is 19.5. The average Bonchev–Trinajstić information content (AvgIpc) is 3.86. The Balaban J connectivity index is 0.804. The molecule has 1 aromatic heterocycles. The Morgan fingerprint density at radius 3 is 2.38 bits per heavy atom. The highest BCUT2D eigenvalue weighted by Crippen LogP contribution is 2.46. The van der Waals surface area contributed by atoms with Crippen molar-refractivity contribution in [1.82, 2.24) is 19.8 Å². The van der Waals surface area contributed by atoms with E-state index in [0.29, 0.717) is 83.8 Å². The minimum Gasteiger partial charge on any atom is -0.479 e. The number of imide groups is 1. The van der Waals surface area contributed by atoms with Crippen LogP contribution in [0.1, 0.15) is 117 Å². The number of nitrogens with zero attached hydrogens (tertiary/aromatic N) is 2. The molecule has 5 amide bonds. The van der Waals surface area contributed by atoms with E-state index in [1.54, 1.807) is 70.2 Å². The lowest BCUT2D eigenvalue weighted by atomic mass is 10.0. The molecule has 0 bridgehead atoms. The van der Waals surface area contributed by atoms with Crippen molar-refractivity contribution in [2.75, 3.05) is 42.2 Å². The zero-order valence-corrected chi connectivity index (χ0v) is 44.1. The van der Waals surface area contributed by atoms with Crippen molar-refractivity contribution < 1.29 is 56.6 Å². The molecule has 19 nitrogen and oxygen atoms in total. The van der Waals surface area contributed by atoms with Crippen molar-refractivity contribution in [3.05, 3.63) is 93.3 Å². The molecule has 74 heavy (non-hydrogen) atoms. The van der Waals surface area contributed by atoms with E-state index in [2.05, 4.69) is 26.6 Å². The summed E-state index contributed by atoms with van der Waals surface area (Å²) in [5.74, 6) is -3.75. The third-order valence-corrected chi connectivity index (χ3v) is 16.1. The predicted octanol–water partition coefficient (Wildman–Crippen LogP) is 7.16. The molecule has 2 fully saturated rings. The molecule has 4 heterocycles. The number of halogens is 1. The monoisotopic (exact) mass is 1080 g/mol. The maximum atomic E-state index is 13.6.